The van der Waals surface area contributed by atoms with Crippen molar-refractivity contribution in [1.82, 2.24) is 4.90 Å². The lowest BCUT2D eigenvalue weighted by Crippen LogP contribution is -3.12. The SMILES string of the molecule is CN(Cc1ccccc1)C(=O)[C@@H]1CCC[NH+](Cc2ccccc2Cl)C1. The van der Waals surface area contributed by atoms with Gasteiger partial charge in [0.15, 0.2) is 0 Å². The molecule has 1 unspecified atom stereocenters. The van der Waals surface area contributed by atoms with E-state index in [0.29, 0.717) is 6.54 Å². The van der Waals surface area contributed by atoms with Crippen molar-refractivity contribution in [1.29, 1.82) is 0 Å². The molecular weight excluding hydrogens is 332 g/mol. The maximum absolute atomic E-state index is 12.9. The summed E-state index contributed by atoms with van der Waals surface area (Å²) in [6, 6.07) is 18.2. The molecule has 1 amide bonds. The first-order chi connectivity index (χ1) is 12.1. The highest BCUT2D eigenvalue weighted by Gasteiger charge is 2.30. The average molecular weight is 358 g/mol. The maximum atomic E-state index is 12.9. The number of nitrogens with one attached hydrogen (secondary N) is 1. The Kier molecular flexibility index (Phi) is 6.11. The van der Waals surface area contributed by atoms with Crippen LogP contribution in [0, 0.1) is 5.92 Å². The molecule has 1 aliphatic rings. The van der Waals surface area contributed by atoms with Crippen LogP contribution in [0.25, 0.3) is 0 Å². The number of likely N-dealkylation sites (tertiary alicyclic amines) is 1. The zero-order valence-corrected chi connectivity index (χ0v) is 15.5. The smallest absolute Gasteiger partial charge is 0.231 e. The normalized spacial score (nSPS) is 20.2. The summed E-state index contributed by atoms with van der Waals surface area (Å²) in [5.41, 5.74) is 2.35. The average Bonchev–Trinajstić information content (AvgIpc) is 2.64. The van der Waals surface area contributed by atoms with Crippen molar-refractivity contribution in [3.05, 3.63) is 70.7 Å². The van der Waals surface area contributed by atoms with Crippen LogP contribution in [0.2, 0.25) is 5.02 Å². The minimum Gasteiger partial charge on any atom is -0.341 e. The number of benzene rings is 2. The first kappa shape index (κ1) is 18.0. The summed E-state index contributed by atoms with van der Waals surface area (Å²) in [6.07, 6.45) is 2.08. The van der Waals surface area contributed by atoms with Gasteiger partial charge in [-0.25, -0.2) is 0 Å². The van der Waals surface area contributed by atoms with Gasteiger partial charge in [-0.1, -0.05) is 60.1 Å². The molecule has 25 heavy (non-hydrogen) atoms. The maximum Gasteiger partial charge on any atom is 0.231 e. The van der Waals surface area contributed by atoms with E-state index in [0.717, 1.165) is 37.5 Å². The van der Waals surface area contributed by atoms with Crippen LogP contribution in [0.1, 0.15) is 24.0 Å². The molecule has 0 radical (unpaired) electrons. The second-order valence-electron chi connectivity index (χ2n) is 6.99. The molecule has 1 aliphatic heterocycles. The monoisotopic (exact) mass is 357 g/mol. The highest BCUT2D eigenvalue weighted by Crippen LogP contribution is 2.16. The topological polar surface area (TPSA) is 24.8 Å². The van der Waals surface area contributed by atoms with Crippen molar-refractivity contribution in [3.63, 3.8) is 0 Å². The van der Waals surface area contributed by atoms with Crippen molar-refractivity contribution < 1.29 is 9.69 Å². The molecule has 132 valence electrons. The van der Waals surface area contributed by atoms with Gasteiger partial charge in [-0.3, -0.25) is 4.79 Å². The van der Waals surface area contributed by atoms with Crippen molar-refractivity contribution in [2.24, 2.45) is 5.92 Å². The van der Waals surface area contributed by atoms with E-state index < -0.39 is 0 Å². The van der Waals surface area contributed by atoms with Crippen molar-refractivity contribution in [2.75, 3.05) is 20.1 Å². The molecule has 0 saturated carbocycles. The summed E-state index contributed by atoms with van der Waals surface area (Å²) in [5, 5.41) is 0.824. The third-order valence-corrected chi connectivity index (χ3v) is 5.37. The Labute approximate surface area is 155 Å². The molecule has 0 aromatic heterocycles. The van der Waals surface area contributed by atoms with Gasteiger partial charge in [0, 0.05) is 24.2 Å². The fourth-order valence-electron chi connectivity index (χ4n) is 3.68. The fourth-order valence-corrected chi connectivity index (χ4v) is 3.88. The van der Waals surface area contributed by atoms with E-state index in [1.165, 1.54) is 16.0 Å². The molecule has 1 saturated heterocycles. The van der Waals surface area contributed by atoms with E-state index in [2.05, 4.69) is 18.2 Å². The summed E-state index contributed by atoms with van der Waals surface area (Å²) in [4.78, 5) is 16.2. The van der Waals surface area contributed by atoms with Gasteiger partial charge < -0.3 is 9.80 Å². The molecule has 0 aliphatic carbocycles. The van der Waals surface area contributed by atoms with Gasteiger partial charge in [0.2, 0.25) is 5.91 Å². The molecule has 1 fully saturated rings. The van der Waals surface area contributed by atoms with Crippen molar-refractivity contribution in [3.8, 4) is 0 Å². The fraction of sp³-hybridized carbons (Fsp3) is 0.381. The summed E-state index contributed by atoms with van der Waals surface area (Å²) >= 11 is 6.29. The van der Waals surface area contributed by atoms with Crippen LogP contribution in [0.3, 0.4) is 0 Å². The highest BCUT2D eigenvalue weighted by molar-refractivity contribution is 6.31. The van der Waals surface area contributed by atoms with Crippen LogP contribution in [-0.2, 0) is 17.9 Å². The van der Waals surface area contributed by atoms with E-state index >= 15 is 0 Å². The Morgan fingerprint density at radius 1 is 1.16 bits per heavy atom. The van der Waals surface area contributed by atoms with Gasteiger partial charge in [-0.05, 0) is 24.5 Å². The van der Waals surface area contributed by atoms with Crippen LogP contribution in [-0.4, -0.2) is 30.9 Å². The molecule has 1 N–H and O–H groups in total. The van der Waals surface area contributed by atoms with Crippen LogP contribution < -0.4 is 4.90 Å². The molecule has 0 spiro atoms. The van der Waals surface area contributed by atoms with Gasteiger partial charge in [-0.15, -0.1) is 0 Å². The lowest BCUT2D eigenvalue weighted by atomic mass is 9.96. The quantitative estimate of drug-likeness (QED) is 0.874. The zero-order chi connectivity index (χ0) is 17.6. The van der Waals surface area contributed by atoms with E-state index in [1.807, 2.05) is 48.3 Å². The number of piperidine rings is 1. The summed E-state index contributed by atoms with van der Waals surface area (Å²) < 4.78 is 0. The standard InChI is InChI=1S/C21H25ClN2O/c1-23(14-17-8-3-2-4-9-17)21(25)19-11-7-13-24(16-19)15-18-10-5-6-12-20(18)22/h2-6,8-10,12,19H,7,11,13-16H2,1H3/p+1/t19-/m1/s1. The van der Waals surface area contributed by atoms with Gasteiger partial charge >= 0.3 is 0 Å². The molecule has 2 aromatic rings. The minimum absolute atomic E-state index is 0.111. The summed E-state index contributed by atoms with van der Waals surface area (Å²) in [7, 11) is 1.91. The lowest BCUT2D eigenvalue weighted by molar-refractivity contribution is -0.921. The van der Waals surface area contributed by atoms with Crippen molar-refractivity contribution in [2.45, 2.75) is 25.9 Å². The molecule has 3 nitrogen and oxygen atoms in total. The van der Waals surface area contributed by atoms with E-state index in [9.17, 15) is 4.79 Å². The number of carbonyl (C=O) groups is 1. The summed E-state index contributed by atoms with van der Waals surface area (Å²) in [5.74, 6) is 0.375. The molecular formula is C21H26ClN2O+. The molecule has 4 heteroatoms. The third-order valence-electron chi connectivity index (χ3n) is 5.00. The van der Waals surface area contributed by atoms with Crippen LogP contribution in [0.15, 0.2) is 54.6 Å². The van der Waals surface area contributed by atoms with E-state index in [4.69, 9.17) is 11.6 Å². The van der Waals surface area contributed by atoms with E-state index in [-0.39, 0.29) is 11.8 Å². The van der Waals surface area contributed by atoms with Crippen molar-refractivity contribution >= 4 is 17.5 Å². The number of halogens is 1. The molecule has 2 aromatic carbocycles. The number of hydrogen-bond donors (Lipinski definition) is 1. The van der Waals surface area contributed by atoms with Gasteiger partial charge in [0.25, 0.3) is 0 Å². The van der Waals surface area contributed by atoms with Gasteiger partial charge in [0.05, 0.1) is 19.0 Å². The summed E-state index contributed by atoms with van der Waals surface area (Å²) in [6.45, 7) is 3.57. The second kappa shape index (κ2) is 8.50. The Bertz CT molecular complexity index is 704. The number of amides is 1. The largest absolute Gasteiger partial charge is 0.341 e. The number of quaternary nitrogens is 1. The van der Waals surface area contributed by atoms with Gasteiger partial charge in [-0.2, -0.15) is 0 Å². The molecule has 3 rings (SSSR count). The first-order valence-corrected chi connectivity index (χ1v) is 9.37. The Morgan fingerprint density at radius 2 is 1.88 bits per heavy atom. The van der Waals surface area contributed by atoms with Crippen LogP contribution in [0.4, 0.5) is 0 Å². The predicted molar refractivity (Wildman–Crippen MR) is 101 cm³/mol. The second-order valence-corrected chi connectivity index (χ2v) is 7.40. The lowest BCUT2D eigenvalue weighted by Gasteiger charge is -2.31. The van der Waals surface area contributed by atoms with Gasteiger partial charge in [0.1, 0.15) is 6.54 Å². The Balaban J connectivity index is 1.58. The Hall–Kier alpha value is -1.84. The van der Waals surface area contributed by atoms with E-state index in [1.54, 1.807) is 0 Å². The highest BCUT2D eigenvalue weighted by atomic mass is 35.5. The molecule has 0 bridgehead atoms. The van der Waals surface area contributed by atoms with Crippen LogP contribution in [0.5, 0.6) is 0 Å². The number of hydrogen-bond acceptors (Lipinski definition) is 1. The predicted octanol–water partition coefficient (Wildman–Crippen LogP) is 2.79. The van der Waals surface area contributed by atoms with Crippen LogP contribution >= 0.6 is 11.6 Å². The first-order valence-electron chi connectivity index (χ1n) is 8.99. The number of rotatable bonds is 5. The third kappa shape index (κ3) is 4.83. The number of nitrogens with zero attached hydrogens (tertiary/aromatic N) is 1. The Morgan fingerprint density at radius 3 is 2.64 bits per heavy atom. The molecule has 2 atom stereocenters. The minimum atomic E-state index is 0.111. The zero-order valence-electron chi connectivity index (χ0n) is 14.7. The number of carbonyl (C=O) groups excluding carboxylic acids is 1. The molecule has 1 heterocycles.